The second kappa shape index (κ2) is 4.66. The maximum absolute atomic E-state index is 12.3. The van der Waals surface area contributed by atoms with Gasteiger partial charge in [0.25, 0.3) is 0 Å². The molecule has 0 unspecified atom stereocenters. The second-order valence-corrected chi connectivity index (χ2v) is 4.56. The molecule has 1 N–H and O–H groups in total. The third kappa shape index (κ3) is 3.05. The zero-order valence-corrected chi connectivity index (χ0v) is 9.72. The summed E-state index contributed by atoms with van der Waals surface area (Å²) in [7, 11) is 0. The highest BCUT2D eigenvalue weighted by Crippen LogP contribution is 2.30. The van der Waals surface area contributed by atoms with Gasteiger partial charge in [0.1, 0.15) is 5.60 Å². The fourth-order valence-corrected chi connectivity index (χ4v) is 2.02. The van der Waals surface area contributed by atoms with Gasteiger partial charge in [0.2, 0.25) is 0 Å². The van der Waals surface area contributed by atoms with E-state index in [0.717, 1.165) is 25.0 Å². The maximum atomic E-state index is 12.3. The van der Waals surface area contributed by atoms with Crippen LogP contribution >= 0.6 is 0 Å². The van der Waals surface area contributed by atoms with Crippen molar-refractivity contribution in [1.82, 2.24) is 0 Å². The smallest absolute Gasteiger partial charge is 0.378 e. The topological polar surface area (TPSA) is 20.2 Å². The summed E-state index contributed by atoms with van der Waals surface area (Å²) in [5.41, 5.74) is -1.15. The van der Waals surface area contributed by atoms with Crippen molar-refractivity contribution in [3.8, 4) is 11.8 Å². The van der Waals surface area contributed by atoms with E-state index < -0.39 is 17.3 Å². The lowest BCUT2D eigenvalue weighted by molar-refractivity contribution is -0.137. The molecule has 1 saturated carbocycles. The van der Waals surface area contributed by atoms with Gasteiger partial charge in [0.05, 0.1) is 5.56 Å². The fourth-order valence-electron chi connectivity index (χ4n) is 2.02. The fraction of sp³-hybridized carbons (Fsp3) is 0.429. The van der Waals surface area contributed by atoms with Gasteiger partial charge in [0.15, 0.2) is 0 Å². The summed E-state index contributed by atoms with van der Waals surface area (Å²) in [6.07, 6.45) is -1.16. The van der Waals surface area contributed by atoms with Gasteiger partial charge in [-0.3, -0.25) is 0 Å². The quantitative estimate of drug-likeness (QED) is 0.704. The van der Waals surface area contributed by atoms with Crippen molar-refractivity contribution in [3.63, 3.8) is 0 Å². The van der Waals surface area contributed by atoms with E-state index in [0.29, 0.717) is 18.4 Å². The number of aliphatic hydroxyl groups is 1. The Morgan fingerprint density at radius 2 is 1.61 bits per heavy atom. The lowest BCUT2D eigenvalue weighted by Crippen LogP contribution is -2.20. The van der Waals surface area contributed by atoms with E-state index in [1.165, 1.54) is 12.1 Å². The minimum atomic E-state index is -4.32. The Labute approximate surface area is 104 Å². The van der Waals surface area contributed by atoms with Gasteiger partial charge in [-0.2, -0.15) is 13.2 Å². The molecule has 0 spiro atoms. The molecule has 0 saturated heterocycles. The summed E-state index contributed by atoms with van der Waals surface area (Å²) >= 11 is 0. The molecule has 1 aliphatic carbocycles. The molecule has 4 heteroatoms. The first-order valence-corrected chi connectivity index (χ1v) is 5.82. The first kappa shape index (κ1) is 13.0. The zero-order chi connectivity index (χ0) is 13.2. The highest BCUT2D eigenvalue weighted by molar-refractivity contribution is 5.38. The summed E-state index contributed by atoms with van der Waals surface area (Å²) in [5, 5.41) is 9.98. The average molecular weight is 254 g/mol. The van der Waals surface area contributed by atoms with Crippen LogP contribution in [0.4, 0.5) is 13.2 Å². The molecule has 0 heterocycles. The van der Waals surface area contributed by atoms with Gasteiger partial charge in [-0.15, -0.1) is 0 Å². The Morgan fingerprint density at radius 3 is 2.11 bits per heavy atom. The van der Waals surface area contributed by atoms with E-state index in [2.05, 4.69) is 11.8 Å². The molecule has 0 aliphatic heterocycles. The molecule has 96 valence electrons. The molecule has 18 heavy (non-hydrogen) atoms. The van der Waals surface area contributed by atoms with Crippen molar-refractivity contribution in [3.05, 3.63) is 35.4 Å². The predicted octanol–water partition coefficient (Wildman–Crippen LogP) is 3.36. The lowest BCUT2D eigenvalue weighted by Gasteiger charge is -2.12. The first-order valence-electron chi connectivity index (χ1n) is 5.82. The van der Waals surface area contributed by atoms with E-state index in [1.54, 1.807) is 0 Å². The van der Waals surface area contributed by atoms with E-state index in [-0.39, 0.29) is 0 Å². The zero-order valence-electron chi connectivity index (χ0n) is 9.72. The van der Waals surface area contributed by atoms with Crippen molar-refractivity contribution < 1.29 is 18.3 Å². The summed E-state index contributed by atoms with van der Waals surface area (Å²) in [4.78, 5) is 0. The third-order valence-electron chi connectivity index (χ3n) is 3.08. The van der Waals surface area contributed by atoms with Crippen LogP contribution in [0.1, 0.15) is 36.8 Å². The normalized spacial score (nSPS) is 18.2. The van der Waals surface area contributed by atoms with Crippen LogP contribution < -0.4 is 0 Å². The van der Waals surface area contributed by atoms with Crippen LogP contribution in [0.15, 0.2) is 24.3 Å². The molecule has 1 aromatic rings. The van der Waals surface area contributed by atoms with Crippen molar-refractivity contribution in [2.24, 2.45) is 0 Å². The number of alkyl halides is 3. The second-order valence-electron chi connectivity index (χ2n) is 4.56. The van der Waals surface area contributed by atoms with Crippen LogP contribution in [0.5, 0.6) is 0 Å². The van der Waals surface area contributed by atoms with Crippen molar-refractivity contribution in [2.75, 3.05) is 0 Å². The average Bonchev–Trinajstić information content (AvgIpc) is 2.74. The molecular formula is C14H13F3O. The van der Waals surface area contributed by atoms with E-state index in [1.807, 2.05) is 0 Å². The van der Waals surface area contributed by atoms with Crippen LogP contribution in [0.3, 0.4) is 0 Å². The van der Waals surface area contributed by atoms with Gasteiger partial charge in [-0.25, -0.2) is 0 Å². The summed E-state index contributed by atoms with van der Waals surface area (Å²) < 4.78 is 37.0. The molecule has 1 aromatic carbocycles. The number of halogens is 3. The maximum Gasteiger partial charge on any atom is 0.416 e. The van der Waals surface area contributed by atoms with Gasteiger partial charge in [0, 0.05) is 5.56 Å². The van der Waals surface area contributed by atoms with Crippen LogP contribution in [0.2, 0.25) is 0 Å². The molecule has 1 aliphatic rings. The molecule has 2 rings (SSSR count). The Hall–Kier alpha value is -1.47. The van der Waals surface area contributed by atoms with Gasteiger partial charge in [-0.05, 0) is 49.9 Å². The van der Waals surface area contributed by atoms with Gasteiger partial charge < -0.3 is 5.11 Å². The van der Waals surface area contributed by atoms with Crippen molar-refractivity contribution in [1.29, 1.82) is 0 Å². The largest absolute Gasteiger partial charge is 0.416 e. The molecule has 1 nitrogen and oxygen atoms in total. The Kier molecular flexibility index (Phi) is 3.36. The molecule has 0 bridgehead atoms. The highest BCUT2D eigenvalue weighted by Gasteiger charge is 2.30. The molecule has 0 atom stereocenters. The summed E-state index contributed by atoms with van der Waals surface area (Å²) in [6, 6.07) is 4.66. The van der Waals surface area contributed by atoms with Crippen molar-refractivity contribution >= 4 is 0 Å². The van der Waals surface area contributed by atoms with Crippen LogP contribution in [0.25, 0.3) is 0 Å². The Balaban J connectivity index is 2.14. The third-order valence-corrected chi connectivity index (χ3v) is 3.08. The molecule has 0 radical (unpaired) electrons. The Morgan fingerprint density at radius 1 is 1.06 bits per heavy atom. The van der Waals surface area contributed by atoms with E-state index in [9.17, 15) is 18.3 Å². The number of hydrogen-bond acceptors (Lipinski definition) is 1. The van der Waals surface area contributed by atoms with Gasteiger partial charge in [-0.1, -0.05) is 11.8 Å². The Bertz CT molecular complexity index is 470. The van der Waals surface area contributed by atoms with Crippen LogP contribution in [0, 0.1) is 11.8 Å². The molecule has 0 amide bonds. The monoisotopic (exact) mass is 254 g/mol. The highest BCUT2D eigenvalue weighted by atomic mass is 19.4. The van der Waals surface area contributed by atoms with Gasteiger partial charge >= 0.3 is 6.18 Å². The SMILES string of the molecule is OC1(C#Cc2ccc(C(F)(F)F)cc2)CCCC1. The predicted molar refractivity (Wildman–Crippen MR) is 61.7 cm³/mol. The van der Waals surface area contributed by atoms with Crippen LogP contribution in [-0.4, -0.2) is 10.7 Å². The number of benzene rings is 1. The summed E-state index contributed by atoms with van der Waals surface area (Å²) in [6.45, 7) is 0. The number of hydrogen-bond donors (Lipinski definition) is 1. The standard InChI is InChI=1S/C14H13F3O/c15-14(16,17)12-5-3-11(4-6-12)7-10-13(18)8-1-2-9-13/h3-6,18H,1-2,8-9H2. The molecule has 0 aromatic heterocycles. The minimum Gasteiger partial charge on any atom is -0.378 e. The summed E-state index contributed by atoms with van der Waals surface area (Å²) in [5.74, 6) is 5.50. The van der Waals surface area contributed by atoms with Crippen molar-refractivity contribution in [2.45, 2.75) is 37.5 Å². The molecular weight excluding hydrogens is 241 g/mol. The van der Waals surface area contributed by atoms with E-state index >= 15 is 0 Å². The minimum absolute atomic E-state index is 0.489. The number of rotatable bonds is 0. The molecule has 1 fully saturated rings. The van der Waals surface area contributed by atoms with Crippen LogP contribution in [-0.2, 0) is 6.18 Å². The van der Waals surface area contributed by atoms with E-state index in [4.69, 9.17) is 0 Å². The lowest BCUT2D eigenvalue weighted by atomic mass is 10.0. The first-order chi connectivity index (χ1) is 8.39.